The molecule has 0 saturated carbocycles. The van der Waals surface area contributed by atoms with Crippen molar-refractivity contribution in [1.82, 2.24) is 0 Å². The van der Waals surface area contributed by atoms with E-state index in [4.69, 9.17) is 0 Å². The van der Waals surface area contributed by atoms with Crippen LogP contribution >= 0.6 is 0 Å². The van der Waals surface area contributed by atoms with Gasteiger partial charge in [0.05, 0.1) is 0 Å². The van der Waals surface area contributed by atoms with Crippen LogP contribution in [0.25, 0.3) is 0 Å². The molecule has 0 nitrogen and oxygen atoms in total. The predicted molar refractivity (Wildman–Crippen MR) is 129 cm³/mol. The Balaban J connectivity index is 2.15. The Morgan fingerprint density at radius 1 is 0.655 bits per heavy atom. The summed E-state index contributed by atoms with van der Waals surface area (Å²) in [5, 5.41) is 6.05. The van der Waals surface area contributed by atoms with E-state index in [1.54, 1.807) is 5.20 Å². The van der Waals surface area contributed by atoms with E-state index in [9.17, 15) is 0 Å². The fourth-order valence-electron chi connectivity index (χ4n) is 4.89. The maximum absolute atomic E-state index is 2.51. The maximum atomic E-state index is 2.51. The van der Waals surface area contributed by atoms with Crippen LogP contribution in [0.1, 0.15) is 36.5 Å². The molecule has 0 aromatic heterocycles. The third-order valence-corrected chi connectivity index (χ3v) is 11.0. The smallest absolute Gasteiger partial charge is 0.0801 e. The van der Waals surface area contributed by atoms with Gasteiger partial charge in [-0.15, -0.1) is 0 Å². The zero-order chi connectivity index (χ0) is 20.4. The molecular weight excluding hydrogens is 364 g/mol. The van der Waals surface area contributed by atoms with Crippen LogP contribution in [0.3, 0.4) is 0 Å². The van der Waals surface area contributed by atoms with E-state index in [2.05, 4.69) is 113 Å². The minimum atomic E-state index is -2.38. The van der Waals surface area contributed by atoms with Crippen LogP contribution in [-0.2, 0) is 0 Å². The summed E-state index contributed by atoms with van der Waals surface area (Å²) in [7, 11) is -2.38. The lowest BCUT2D eigenvalue weighted by Gasteiger charge is -2.37. The van der Waals surface area contributed by atoms with Crippen molar-refractivity contribution >= 4 is 23.6 Å². The SMILES string of the molecule is CCC1=CCC=C1[Si](c1cccc(C)c1)(c1cccc(C)c1)c1cccc(C)c1. The standard InChI is InChI=1S/C28H30Si/c1-5-24-13-9-17-28(24)29(25-14-6-10-21(2)18-25,26-15-7-11-22(3)19-26)27-16-8-12-23(4)20-27/h6-8,10-20H,5,9H2,1-4H3. The third-order valence-electron chi connectivity index (χ3n) is 6.17. The number of hydrogen-bond acceptors (Lipinski definition) is 0. The number of rotatable bonds is 5. The van der Waals surface area contributed by atoms with E-state index in [-0.39, 0.29) is 0 Å². The second kappa shape index (κ2) is 8.00. The molecule has 29 heavy (non-hydrogen) atoms. The molecule has 1 aliphatic carbocycles. The Hall–Kier alpha value is -2.64. The average molecular weight is 395 g/mol. The first kappa shape index (κ1) is 19.7. The molecule has 0 saturated heterocycles. The molecule has 1 aliphatic rings. The number of hydrogen-bond donors (Lipinski definition) is 0. The van der Waals surface area contributed by atoms with Crippen molar-refractivity contribution in [2.75, 3.05) is 0 Å². The molecule has 0 heterocycles. The minimum Gasteiger partial charge on any atom is -0.0801 e. The van der Waals surface area contributed by atoms with Crippen LogP contribution in [0.4, 0.5) is 0 Å². The van der Waals surface area contributed by atoms with Crippen LogP contribution in [-0.4, -0.2) is 8.07 Å². The summed E-state index contributed by atoms with van der Waals surface area (Å²) in [4.78, 5) is 0. The van der Waals surface area contributed by atoms with E-state index in [0.29, 0.717) is 0 Å². The number of allylic oxidation sites excluding steroid dienone is 4. The summed E-state index contributed by atoms with van der Waals surface area (Å²) in [5.74, 6) is 0. The zero-order valence-electron chi connectivity index (χ0n) is 18.0. The second-order valence-corrected chi connectivity index (χ2v) is 12.1. The first-order chi connectivity index (χ1) is 14.1. The van der Waals surface area contributed by atoms with Crippen molar-refractivity contribution in [3.8, 4) is 0 Å². The zero-order valence-corrected chi connectivity index (χ0v) is 19.0. The van der Waals surface area contributed by atoms with Crippen molar-refractivity contribution in [2.45, 2.75) is 40.5 Å². The maximum Gasteiger partial charge on any atom is 0.179 e. The molecule has 0 aliphatic heterocycles. The van der Waals surface area contributed by atoms with Crippen LogP contribution in [0.2, 0.25) is 0 Å². The van der Waals surface area contributed by atoms with E-state index >= 15 is 0 Å². The lowest BCUT2D eigenvalue weighted by Crippen LogP contribution is -2.69. The summed E-state index contributed by atoms with van der Waals surface area (Å²) in [6, 6.07) is 27.8. The molecule has 0 radical (unpaired) electrons. The highest BCUT2D eigenvalue weighted by atomic mass is 28.3. The van der Waals surface area contributed by atoms with E-state index < -0.39 is 8.07 Å². The molecule has 0 atom stereocenters. The van der Waals surface area contributed by atoms with Gasteiger partial charge in [0, 0.05) is 0 Å². The Labute approximate surface area is 176 Å². The van der Waals surface area contributed by atoms with Gasteiger partial charge in [0.25, 0.3) is 0 Å². The normalized spacial score (nSPS) is 13.9. The van der Waals surface area contributed by atoms with E-state index in [1.165, 1.54) is 37.8 Å². The molecule has 0 unspecified atom stereocenters. The van der Waals surface area contributed by atoms with Gasteiger partial charge in [0.1, 0.15) is 0 Å². The largest absolute Gasteiger partial charge is 0.179 e. The lowest BCUT2D eigenvalue weighted by atomic mass is 10.2. The van der Waals surface area contributed by atoms with Crippen molar-refractivity contribution in [1.29, 1.82) is 0 Å². The van der Waals surface area contributed by atoms with E-state index in [1.807, 2.05) is 0 Å². The highest BCUT2D eigenvalue weighted by Gasteiger charge is 2.44. The van der Waals surface area contributed by atoms with Gasteiger partial charge in [0.2, 0.25) is 0 Å². The molecule has 0 amide bonds. The highest BCUT2D eigenvalue weighted by molar-refractivity contribution is 7.16. The Morgan fingerprint density at radius 2 is 1.10 bits per heavy atom. The summed E-state index contributed by atoms with van der Waals surface area (Å²) >= 11 is 0. The van der Waals surface area contributed by atoms with Gasteiger partial charge in [-0.2, -0.15) is 0 Å². The highest BCUT2D eigenvalue weighted by Crippen LogP contribution is 2.31. The molecule has 146 valence electrons. The molecule has 0 bridgehead atoms. The van der Waals surface area contributed by atoms with Gasteiger partial charge < -0.3 is 0 Å². The molecule has 1 heteroatoms. The third kappa shape index (κ3) is 3.45. The predicted octanol–water partition coefficient (Wildman–Crippen LogP) is 5.29. The number of aryl methyl sites for hydroxylation is 3. The molecule has 3 aromatic carbocycles. The Bertz CT molecular complexity index is 990. The molecule has 0 fully saturated rings. The van der Waals surface area contributed by atoms with Crippen molar-refractivity contribution < 1.29 is 0 Å². The molecule has 0 spiro atoms. The molecular formula is C28H30Si. The van der Waals surface area contributed by atoms with E-state index in [0.717, 1.165) is 12.8 Å². The Kier molecular flexibility index (Phi) is 5.43. The van der Waals surface area contributed by atoms with Gasteiger partial charge in [-0.1, -0.05) is 114 Å². The van der Waals surface area contributed by atoms with Crippen molar-refractivity contribution in [3.63, 3.8) is 0 Å². The second-order valence-electron chi connectivity index (χ2n) is 8.29. The van der Waals surface area contributed by atoms with Crippen LogP contribution in [0.5, 0.6) is 0 Å². The van der Waals surface area contributed by atoms with Gasteiger partial charge in [0.15, 0.2) is 8.07 Å². The van der Waals surface area contributed by atoms with Gasteiger partial charge in [-0.25, -0.2) is 0 Å². The topological polar surface area (TPSA) is 0 Å². The molecule has 3 aromatic rings. The summed E-state index contributed by atoms with van der Waals surface area (Å²) < 4.78 is 0. The fraction of sp³-hybridized carbons (Fsp3) is 0.214. The summed E-state index contributed by atoms with van der Waals surface area (Å²) in [5.41, 5.74) is 5.53. The molecule has 0 N–H and O–H groups in total. The number of benzene rings is 3. The monoisotopic (exact) mass is 394 g/mol. The van der Waals surface area contributed by atoms with Gasteiger partial charge >= 0.3 is 0 Å². The van der Waals surface area contributed by atoms with Gasteiger partial charge in [-0.3, -0.25) is 0 Å². The first-order valence-electron chi connectivity index (χ1n) is 10.7. The van der Waals surface area contributed by atoms with Gasteiger partial charge in [-0.05, 0) is 54.4 Å². The summed E-state index contributed by atoms with van der Waals surface area (Å²) in [6.45, 7) is 8.95. The Morgan fingerprint density at radius 3 is 1.48 bits per heavy atom. The first-order valence-corrected chi connectivity index (χ1v) is 12.7. The van der Waals surface area contributed by atoms with Crippen molar-refractivity contribution in [2.24, 2.45) is 0 Å². The minimum absolute atomic E-state index is 1.05. The fourth-order valence-corrected chi connectivity index (χ4v) is 10.4. The summed E-state index contributed by atoms with van der Waals surface area (Å²) in [6.07, 6.45) is 7.09. The van der Waals surface area contributed by atoms with Crippen molar-refractivity contribution in [3.05, 3.63) is 112 Å². The lowest BCUT2D eigenvalue weighted by molar-refractivity contribution is 1.14. The molecule has 4 rings (SSSR count). The average Bonchev–Trinajstić information content (AvgIpc) is 3.18. The quantitative estimate of drug-likeness (QED) is 0.407. The van der Waals surface area contributed by atoms with Crippen LogP contribution in [0.15, 0.2) is 95.7 Å². The van der Waals surface area contributed by atoms with Crippen LogP contribution < -0.4 is 15.6 Å². The van der Waals surface area contributed by atoms with Crippen LogP contribution in [0, 0.1) is 20.8 Å².